The van der Waals surface area contributed by atoms with Crippen molar-refractivity contribution in [1.29, 1.82) is 0 Å². The van der Waals surface area contributed by atoms with Gasteiger partial charge in [-0.25, -0.2) is 12.1 Å². The van der Waals surface area contributed by atoms with Crippen LogP contribution in [-0.2, 0) is 21.7 Å². The fraction of sp³-hybridized carbons (Fsp3) is 0.500. The van der Waals surface area contributed by atoms with E-state index in [9.17, 15) is 0 Å². The van der Waals surface area contributed by atoms with Gasteiger partial charge in [0.05, 0.1) is 0 Å². The fourth-order valence-corrected chi connectivity index (χ4v) is 0.321. The summed E-state index contributed by atoms with van der Waals surface area (Å²) < 4.78 is 0. The molecule has 0 aliphatic rings. The quantitative estimate of drug-likeness (QED) is 0.488. The summed E-state index contributed by atoms with van der Waals surface area (Å²) in [6, 6.07) is 10.0. The average molecular weight is 263 g/mol. The van der Waals surface area contributed by atoms with Crippen molar-refractivity contribution in [2.24, 2.45) is 0 Å². The van der Waals surface area contributed by atoms with Crippen LogP contribution >= 0.6 is 0 Å². The minimum absolute atomic E-state index is 0. The second kappa shape index (κ2) is 46.0. The van der Waals surface area contributed by atoms with E-state index in [4.69, 9.17) is 0 Å². The van der Waals surface area contributed by atoms with E-state index in [1.807, 2.05) is 72.6 Å². The summed E-state index contributed by atoms with van der Waals surface area (Å²) in [5, 5.41) is 8.25. The van der Waals surface area contributed by atoms with Gasteiger partial charge in [-0.3, -0.25) is 0 Å². The van der Waals surface area contributed by atoms with Crippen LogP contribution in [0.4, 0.5) is 0 Å². The van der Waals surface area contributed by atoms with Gasteiger partial charge < -0.3 is 23.4 Å². The minimum Gasteiger partial charge on any atom is -0.358 e. The Balaban J connectivity index is -0.0000000336. The molecule has 1 aromatic carbocycles. The maximum atomic E-state index is 2.75. The van der Waals surface area contributed by atoms with E-state index >= 15 is 0 Å². The van der Waals surface area contributed by atoms with Gasteiger partial charge in [-0.1, -0.05) is 0 Å². The van der Waals surface area contributed by atoms with Gasteiger partial charge >= 0.3 is 21.7 Å². The Hall–Kier alpha value is -0.0557. The number of hydrogen-bond donors (Lipinski definition) is 3. The Bertz CT molecular complexity index is 99.8. The van der Waals surface area contributed by atoms with Crippen LogP contribution in [0.5, 0.6) is 0 Å². The molecule has 1 rings (SSSR count). The predicted molar refractivity (Wildman–Crippen MR) is 73.4 cm³/mol. The standard InChI is InChI=1S/C5H5.3C2H7N.CH3.Ti/c1-2-4-5-3-1;3*1-3-2;;/h1-5H;3*3H,1-2H3;1H3;/q-1;;;;-1;+2. The largest absolute Gasteiger partial charge is 2.00 e. The average Bonchev–Trinajstić information content (AvgIpc) is 2.63. The summed E-state index contributed by atoms with van der Waals surface area (Å²) in [6.45, 7) is 0. The summed E-state index contributed by atoms with van der Waals surface area (Å²) in [6.07, 6.45) is 0. The summed E-state index contributed by atoms with van der Waals surface area (Å²) in [5.74, 6) is 0. The van der Waals surface area contributed by atoms with Crippen LogP contribution in [0.1, 0.15) is 0 Å². The Morgan fingerprint density at radius 2 is 0.875 bits per heavy atom. The SMILES string of the molecule is CNC.CNC.CNC.[CH3-].[Ti+2].c1cc[cH-]c1. The van der Waals surface area contributed by atoms with E-state index in [1.165, 1.54) is 0 Å². The molecule has 96 valence electrons. The van der Waals surface area contributed by atoms with E-state index < -0.39 is 0 Å². The summed E-state index contributed by atoms with van der Waals surface area (Å²) in [4.78, 5) is 0. The molecule has 0 atom stereocenters. The number of hydrogen-bond acceptors (Lipinski definition) is 3. The maximum Gasteiger partial charge on any atom is 2.00 e. The first-order valence-electron chi connectivity index (χ1n) is 4.67. The first kappa shape index (κ1) is 29.7. The second-order valence-corrected chi connectivity index (χ2v) is 2.46. The van der Waals surface area contributed by atoms with Crippen LogP contribution in [0.15, 0.2) is 30.3 Å². The van der Waals surface area contributed by atoms with Gasteiger partial charge in [-0.15, -0.1) is 0 Å². The third-order valence-corrected chi connectivity index (χ3v) is 0.556. The molecule has 0 amide bonds. The molecule has 0 fully saturated rings. The Morgan fingerprint density at radius 3 is 0.938 bits per heavy atom. The second-order valence-electron chi connectivity index (χ2n) is 2.46. The molecule has 0 unspecified atom stereocenters. The van der Waals surface area contributed by atoms with Gasteiger partial charge in [0.2, 0.25) is 0 Å². The van der Waals surface area contributed by atoms with Crippen molar-refractivity contribution in [1.82, 2.24) is 16.0 Å². The molecule has 0 aliphatic heterocycles. The van der Waals surface area contributed by atoms with E-state index in [0.717, 1.165) is 0 Å². The first-order chi connectivity index (χ1) is 6.74. The first-order valence-corrected chi connectivity index (χ1v) is 4.67. The normalized spacial score (nSPS) is 5.88. The van der Waals surface area contributed by atoms with Crippen molar-refractivity contribution >= 4 is 0 Å². The molecular weight excluding hydrogens is 234 g/mol. The molecule has 0 aromatic heterocycles. The molecule has 4 heteroatoms. The summed E-state index contributed by atoms with van der Waals surface area (Å²) >= 11 is 0. The van der Waals surface area contributed by atoms with Crippen LogP contribution in [0.2, 0.25) is 0 Å². The molecule has 0 radical (unpaired) electrons. The topological polar surface area (TPSA) is 36.1 Å². The fourth-order valence-electron chi connectivity index (χ4n) is 0.321. The molecular formula is C12H29N3Ti. The van der Waals surface area contributed by atoms with E-state index in [0.29, 0.717) is 0 Å². The van der Waals surface area contributed by atoms with Gasteiger partial charge in [-0.2, -0.15) is 18.2 Å². The van der Waals surface area contributed by atoms with Crippen molar-refractivity contribution in [3.63, 3.8) is 0 Å². The number of rotatable bonds is 0. The zero-order valence-electron chi connectivity index (χ0n) is 11.9. The number of nitrogens with one attached hydrogen (secondary N) is 3. The molecule has 0 heterocycles. The van der Waals surface area contributed by atoms with Crippen LogP contribution in [0, 0.1) is 7.43 Å². The Kier molecular flexibility index (Phi) is 85.5. The Morgan fingerprint density at radius 1 is 0.688 bits per heavy atom. The molecule has 0 aliphatic carbocycles. The van der Waals surface area contributed by atoms with E-state index in [-0.39, 0.29) is 29.1 Å². The summed E-state index contributed by atoms with van der Waals surface area (Å²) in [7, 11) is 11.2. The zero-order valence-corrected chi connectivity index (χ0v) is 13.4. The van der Waals surface area contributed by atoms with Gasteiger partial charge in [0.15, 0.2) is 0 Å². The molecule has 1 aromatic rings. The third-order valence-electron chi connectivity index (χ3n) is 0.556. The van der Waals surface area contributed by atoms with Crippen molar-refractivity contribution in [3.8, 4) is 0 Å². The molecule has 3 nitrogen and oxygen atoms in total. The maximum absolute atomic E-state index is 2.75. The van der Waals surface area contributed by atoms with Crippen LogP contribution in [-0.4, -0.2) is 42.3 Å². The van der Waals surface area contributed by atoms with Crippen molar-refractivity contribution in [2.45, 2.75) is 0 Å². The molecule has 0 saturated carbocycles. The van der Waals surface area contributed by atoms with Gasteiger partial charge in [0.1, 0.15) is 0 Å². The van der Waals surface area contributed by atoms with Crippen LogP contribution < -0.4 is 16.0 Å². The Labute approximate surface area is 118 Å². The van der Waals surface area contributed by atoms with Crippen molar-refractivity contribution in [3.05, 3.63) is 37.8 Å². The molecule has 0 saturated heterocycles. The predicted octanol–water partition coefficient (Wildman–Crippen LogP) is 1.36. The monoisotopic (exact) mass is 263 g/mol. The molecule has 16 heavy (non-hydrogen) atoms. The van der Waals surface area contributed by atoms with Gasteiger partial charge in [0.25, 0.3) is 0 Å². The van der Waals surface area contributed by atoms with Crippen LogP contribution in [0.25, 0.3) is 0 Å². The van der Waals surface area contributed by atoms with Crippen LogP contribution in [0.3, 0.4) is 0 Å². The molecule has 3 N–H and O–H groups in total. The third kappa shape index (κ3) is 95.6. The van der Waals surface area contributed by atoms with Crippen molar-refractivity contribution in [2.75, 3.05) is 42.3 Å². The summed E-state index contributed by atoms with van der Waals surface area (Å²) in [5.41, 5.74) is 0. The minimum atomic E-state index is 0. The van der Waals surface area contributed by atoms with Gasteiger partial charge in [0, 0.05) is 0 Å². The van der Waals surface area contributed by atoms with E-state index in [2.05, 4.69) is 16.0 Å². The smallest absolute Gasteiger partial charge is 0.358 e. The molecule has 0 spiro atoms. The molecule has 0 bridgehead atoms. The zero-order chi connectivity index (χ0) is 11.7. The van der Waals surface area contributed by atoms with Gasteiger partial charge in [-0.05, 0) is 42.3 Å². The van der Waals surface area contributed by atoms with E-state index in [1.54, 1.807) is 0 Å². The van der Waals surface area contributed by atoms with Crippen molar-refractivity contribution < 1.29 is 21.7 Å².